The van der Waals surface area contributed by atoms with Gasteiger partial charge in [-0.1, -0.05) is 5.92 Å². The van der Waals surface area contributed by atoms with E-state index in [1.54, 1.807) is 13.4 Å². The molecule has 5 heteroatoms. The second-order valence-electron chi connectivity index (χ2n) is 2.56. The topological polar surface area (TPSA) is 63.7 Å². The van der Waals surface area contributed by atoms with E-state index in [0.29, 0.717) is 17.9 Å². The standard InChI is InChI=1S/C9H8N4O/c1-14-4-2-3-7-8-9(12-5-10-7)13-6-11-8/h5-6H,4H2,1H3,(H,10,11,12,13). The quantitative estimate of drug-likeness (QED) is 0.656. The number of hydrogen-bond donors (Lipinski definition) is 1. The van der Waals surface area contributed by atoms with Crippen LogP contribution >= 0.6 is 0 Å². The van der Waals surface area contributed by atoms with Crippen molar-refractivity contribution in [2.24, 2.45) is 0 Å². The number of methoxy groups -OCH3 is 1. The molecule has 0 saturated heterocycles. The van der Waals surface area contributed by atoms with Crippen molar-refractivity contribution >= 4 is 11.2 Å². The summed E-state index contributed by atoms with van der Waals surface area (Å²) in [4.78, 5) is 15.0. The number of ether oxygens (including phenoxy) is 1. The van der Waals surface area contributed by atoms with Crippen molar-refractivity contribution in [2.75, 3.05) is 13.7 Å². The maximum absolute atomic E-state index is 4.81. The predicted molar refractivity (Wildman–Crippen MR) is 50.4 cm³/mol. The number of fused-ring (bicyclic) bond motifs is 1. The minimum Gasteiger partial charge on any atom is -0.372 e. The first-order chi connectivity index (χ1) is 6.92. The Kier molecular flexibility index (Phi) is 2.38. The van der Waals surface area contributed by atoms with E-state index in [2.05, 4.69) is 31.8 Å². The number of imidazole rings is 1. The van der Waals surface area contributed by atoms with E-state index in [0.717, 1.165) is 5.52 Å². The van der Waals surface area contributed by atoms with Gasteiger partial charge in [-0.05, 0) is 5.92 Å². The van der Waals surface area contributed by atoms with Crippen LogP contribution in [0.4, 0.5) is 0 Å². The van der Waals surface area contributed by atoms with Gasteiger partial charge < -0.3 is 9.72 Å². The van der Waals surface area contributed by atoms with Crippen LogP contribution in [0.3, 0.4) is 0 Å². The molecule has 0 atom stereocenters. The third kappa shape index (κ3) is 1.56. The molecule has 14 heavy (non-hydrogen) atoms. The number of H-pyrrole nitrogens is 1. The van der Waals surface area contributed by atoms with Gasteiger partial charge in [-0.2, -0.15) is 0 Å². The van der Waals surface area contributed by atoms with Crippen LogP contribution in [0.15, 0.2) is 12.7 Å². The molecular weight excluding hydrogens is 180 g/mol. The number of rotatable bonds is 1. The average molecular weight is 188 g/mol. The summed E-state index contributed by atoms with van der Waals surface area (Å²) in [6, 6.07) is 0. The van der Waals surface area contributed by atoms with Gasteiger partial charge in [-0.3, -0.25) is 0 Å². The maximum atomic E-state index is 4.81. The highest BCUT2D eigenvalue weighted by Gasteiger charge is 2.01. The van der Waals surface area contributed by atoms with Crippen molar-refractivity contribution < 1.29 is 4.74 Å². The molecule has 2 aromatic heterocycles. The summed E-state index contributed by atoms with van der Waals surface area (Å²) in [6.45, 7) is 0.389. The Bertz CT molecular complexity index is 494. The van der Waals surface area contributed by atoms with E-state index in [-0.39, 0.29) is 0 Å². The van der Waals surface area contributed by atoms with Crippen molar-refractivity contribution in [2.45, 2.75) is 0 Å². The van der Waals surface area contributed by atoms with Gasteiger partial charge in [0.2, 0.25) is 0 Å². The summed E-state index contributed by atoms with van der Waals surface area (Å²) >= 11 is 0. The maximum Gasteiger partial charge on any atom is 0.181 e. The zero-order valence-corrected chi connectivity index (χ0v) is 7.61. The molecule has 0 saturated carbocycles. The molecule has 0 aliphatic heterocycles. The van der Waals surface area contributed by atoms with Crippen molar-refractivity contribution in [1.29, 1.82) is 0 Å². The lowest BCUT2D eigenvalue weighted by atomic mass is 10.3. The van der Waals surface area contributed by atoms with Gasteiger partial charge in [-0.25, -0.2) is 15.0 Å². The molecule has 0 radical (unpaired) electrons. The molecule has 0 aromatic carbocycles. The Labute approximate surface area is 80.6 Å². The molecule has 2 rings (SSSR count). The number of nitrogens with one attached hydrogen (secondary N) is 1. The van der Waals surface area contributed by atoms with E-state index >= 15 is 0 Å². The summed E-state index contributed by atoms with van der Waals surface area (Å²) in [6.07, 6.45) is 3.01. The zero-order chi connectivity index (χ0) is 9.80. The number of aromatic nitrogens is 4. The van der Waals surface area contributed by atoms with Gasteiger partial charge in [0.15, 0.2) is 5.65 Å². The highest BCUT2D eigenvalue weighted by molar-refractivity contribution is 5.75. The smallest absolute Gasteiger partial charge is 0.181 e. The second-order valence-corrected chi connectivity index (χ2v) is 2.56. The molecule has 5 nitrogen and oxygen atoms in total. The van der Waals surface area contributed by atoms with Crippen molar-refractivity contribution in [1.82, 2.24) is 19.9 Å². The van der Waals surface area contributed by atoms with Crippen molar-refractivity contribution in [3.05, 3.63) is 18.3 Å². The first-order valence-corrected chi connectivity index (χ1v) is 4.03. The van der Waals surface area contributed by atoms with E-state index in [9.17, 15) is 0 Å². The molecule has 70 valence electrons. The molecule has 0 unspecified atom stereocenters. The number of hydrogen-bond acceptors (Lipinski definition) is 4. The van der Waals surface area contributed by atoms with Crippen LogP contribution in [0.25, 0.3) is 11.2 Å². The molecule has 0 fully saturated rings. The van der Waals surface area contributed by atoms with Crippen LogP contribution in [0.5, 0.6) is 0 Å². The Hall–Kier alpha value is -1.93. The predicted octanol–water partition coefficient (Wildman–Crippen LogP) is 0.351. The molecule has 0 bridgehead atoms. The summed E-state index contributed by atoms with van der Waals surface area (Å²) in [7, 11) is 1.60. The van der Waals surface area contributed by atoms with E-state index in [1.807, 2.05) is 0 Å². The highest BCUT2D eigenvalue weighted by atomic mass is 16.5. The molecule has 2 heterocycles. The van der Waals surface area contributed by atoms with Gasteiger partial charge >= 0.3 is 0 Å². The molecule has 0 spiro atoms. The first-order valence-electron chi connectivity index (χ1n) is 4.03. The van der Waals surface area contributed by atoms with Gasteiger partial charge in [0, 0.05) is 7.11 Å². The summed E-state index contributed by atoms with van der Waals surface area (Å²) in [5.74, 6) is 5.70. The zero-order valence-electron chi connectivity index (χ0n) is 7.61. The van der Waals surface area contributed by atoms with Gasteiger partial charge in [0.05, 0.1) is 6.33 Å². The second kappa shape index (κ2) is 3.85. The minimum atomic E-state index is 0.389. The molecule has 1 N–H and O–H groups in total. The third-order valence-corrected chi connectivity index (χ3v) is 1.65. The van der Waals surface area contributed by atoms with Gasteiger partial charge in [0.25, 0.3) is 0 Å². The van der Waals surface area contributed by atoms with Gasteiger partial charge in [-0.15, -0.1) is 0 Å². The summed E-state index contributed by atoms with van der Waals surface area (Å²) < 4.78 is 4.81. The van der Waals surface area contributed by atoms with Crippen LogP contribution < -0.4 is 0 Å². The fourth-order valence-electron chi connectivity index (χ4n) is 1.05. The fourth-order valence-corrected chi connectivity index (χ4v) is 1.05. The lowest BCUT2D eigenvalue weighted by Crippen LogP contribution is -1.88. The Balaban J connectivity index is 2.43. The van der Waals surface area contributed by atoms with E-state index in [4.69, 9.17) is 4.74 Å². The summed E-state index contributed by atoms with van der Waals surface area (Å²) in [5.41, 5.74) is 2.03. The van der Waals surface area contributed by atoms with Crippen LogP contribution in [0, 0.1) is 11.8 Å². The summed E-state index contributed by atoms with van der Waals surface area (Å²) in [5, 5.41) is 0. The highest BCUT2D eigenvalue weighted by Crippen LogP contribution is 2.07. The fraction of sp³-hybridized carbons (Fsp3) is 0.222. The van der Waals surface area contributed by atoms with E-state index < -0.39 is 0 Å². The Morgan fingerprint density at radius 1 is 1.43 bits per heavy atom. The largest absolute Gasteiger partial charge is 0.372 e. The molecule has 0 aliphatic rings. The molecular formula is C9H8N4O. The number of nitrogens with zero attached hydrogens (tertiary/aromatic N) is 3. The van der Waals surface area contributed by atoms with Crippen LogP contribution in [0.2, 0.25) is 0 Å². The minimum absolute atomic E-state index is 0.389. The Morgan fingerprint density at radius 3 is 3.21 bits per heavy atom. The van der Waals surface area contributed by atoms with Crippen LogP contribution in [0.1, 0.15) is 5.69 Å². The van der Waals surface area contributed by atoms with Crippen LogP contribution in [-0.2, 0) is 4.74 Å². The Morgan fingerprint density at radius 2 is 2.36 bits per heavy atom. The first kappa shape index (κ1) is 8.66. The molecule has 0 aliphatic carbocycles. The van der Waals surface area contributed by atoms with Crippen LogP contribution in [-0.4, -0.2) is 33.7 Å². The van der Waals surface area contributed by atoms with Gasteiger partial charge in [0.1, 0.15) is 24.1 Å². The van der Waals surface area contributed by atoms with Crippen molar-refractivity contribution in [3.8, 4) is 11.8 Å². The monoisotopic (exact) mass is 188 g/mol. The van der Waals surface area contributed by atoms with Crippen molar-refractivity contribution in [3.63, 3.8) is 0 Å². The van der Waals surface area contributed by atoms with E-state index in [1.165, 1.54) is 6.33 Å². The molecule has 2 aromatic rings. The number of aromatic amines is 1. The normalized spacial score (nSPS) is 9.79. The average Bonchev–Trinajstić information content (AvgIpc) is 2.67. The third-order valence-electron chi connectivity index (χ3n) is 1.65. The lowest BCUT2D eigenvalue weighted by Gasteiger charge is -1.90. The molecule has 0 amide bonds. The lowest BCUT2D eigenvalue weighted by molar-refractivity contribution is 0.240. The SMILES string of the molecule is COCC#Cc1ncnc2nc[nH]c12.